The third-order valence-corrected chi connectivity index (χ3v) is 7.51. The van der Waals surface area contributed by atoms with E-state index in [1.807, 2.05) is 30.3 Å². The lowest BCUT2D eigenvalue weighted by Gasteiger charge is -2.51. The predicted octanol–water partition coefficient (Wildman–Crippen LogP) is 3.65. The van der Waals surface area contributed by atoms with Crippen molar-refractivity contribution in [3.8, 4) is 12.1 Å². The Morgan fingerprint density at radius 2 is 1.57 bits per heavy atom. The van der Waals surface area contributed by atoms with Crippen LogP contribution in [0.25, 0.3) is 0 Å². The molecule has 200 valence electrons. The van der Waals surface area contributed by atoms with Gasteiger partial charge in [0.1, 0.15) is 11.1 Å². The molecular weight excluding hydrogens is 508 g/mol. The zero-order valence-electron chi connectivity index (χ0n) is 22.0. The number of allylic oxidation sites excluding steroid dienone is 2. The van der Waals surface area contributed by atoms with Gasteiger partial charge in [-0.3, -0.25) is 4.79 Å². The van der Waals surface area contributed by atoms with Gasteiger partial charge in [-0.1, -0.05) is 60.7 Å². The molecule has 9 heteroatoms. The van der Waals surface area contributed by atoms with Gasteiger partial charge in [0, 0.05) is 11.9 Å². The van der Waals surface area contributed by atoms with Gasteiger partial charge in [0.2, 0.25) is 5.91 Å². The zero-order chi connectivity index (χ0) is 28.5. The number of esters is 2. The SMILES string of the molecule is CCOC(=O)C1=C(C(=O)OCC)[C@]2(C(=O)N(Cc3ccccc3)c3ccccc32)C(C#N)(C#N)[C@H]2C=CC=CN12. The highest BCUT2D eigenvalue weighted by Crippen LogP contribution is 2.62. The molecule has 0 N–H and O–H groups in total. The number of nitriles is 2. The second-order valence-corrected chi connectivity index (χ2v) is 9.42. The first-order chi connectivity index (χ1) is 19.4. The quantitative estimate of drug-likeness (QED) is 0.515. The number of fused-ring (bicyclic) bond motifs is 3. The maximum Gasteiger partial charge on any atom is 0.355 e. The fourth-order valence-electron chi connectivity index (χ4n) is 5.97. The molecule has 0 saturated carbocycles. The van der Waals surface area contributed by atoms with Crippen molar-refractivity contribution in [2.45, 2.75) is 31.8 Å². The molecule has 0 saturated heterocycles. The number of para-hydroxylation sites is 1. The number of hydrogen-bond acceptors (Lipinski definition) is 8. The Balaban J connectivity index is 1.93. The van der Waals surface area contributed by atoms with Crippen LogP contribution in [0.1, 0.15) is 25.0 Å². The van der Waals surface area contributed by atoms with Gasteiger partial charge >= 0.3 is 11.9 Å². The molecule has 3 aliphatic heterocycles. The van der Waals surface area contributed by atoms with Crippen molar-refractivity contribution in [2.24, 2.45) is 5.41 Å². The first-order valence-electron chi connectivity index (χ1n) is 12.9. The van der Waals surface area contributed by atoms with E-state index in [4.69, 9.17) is 9.47 Å². The third kappa shape index (κ3) is 3.48. The van der Waals surface area contributed by atoms with E-state index in [0.29, 0.717) is 5.69 Å². The van der Waals surface area contributed by atoms with Gasteiger partial charge in [0.05, 0.1) is 43.5 Å². The smallest absolute Gasteiger partial charge is 0.355 e. The molecule has 0 radical (unpaired) electrons. The van der Waals surface area contributed by atoms with E-state index in [-0.39, 0.29) is 36.6 Å². The summed E-state index contributed by atoms with van der Waals surface area (Å²) in [6.45, 7) is 3.26. The predicted molar refractivity (Wildman–Crippen MR) is 144 cm³/mol. The minimum atomic E-state index is -2.20. The topological polar surface area (TPSA) is 124 Å². The first kappa shape index (κ1) is 26.5. The van der Waals surface area contributed by atoms with Crippen LogP contribution in [0.5, 0.6) is 0 Å². The molecule has 0 aromatic heterocycles. The number of anilines is 1. The Morgan fingerprint density at radius 3 is 2.25 bits per heavy atom. The molecule has 40 heavy (non-hydrogen) atoms. The number of amides is 1. The molecule has 1 spiro atoms. The lowest BCUT2D eigenvalue weighted by molar-refractivity contribution is -0.147. The summed E-state index contributed by atoms with van der Waals surface area (Å²) in [6, 6.07) is 19.2. The van der Waals surface area contributed by atoms with Crippen LogP contribution in [0.2, 0.25) is 0 Å². The second kappa shape index (κ2) is 10.2. The highest BCUT2D eigenvalue weighted by atomic mass is 16.5. The molecule has 2 aromatic carbocycles. The lowest BCUT2D eigenvalue weighted by Crippen LogP contribution is -2.66. The molecule has 0 aliphatic carbocycles. The van der Waals surface area contributed by atoms with Crippen LogP contribution in [-0.2, 0) is 35.8 Å². The normalized spacial score (nSPS) is 21.9. The number of benzene rings is 2. The van der Waals surface area contributed by atoms with E-state index >= 15 is 0 Å². The van der Waals surface area contributed by atoms with Crippen molar-refractivity contribution in [1.82, 2.24) is 4.90 Å². The highest BCUT2D eigenvalue weighted by molar-refractivity contribution is 6.19. The summed E-state index contributed by atoms with van der Waals surface area (Å²) in [6.07, 6.45) is 6.34. The van der Waals surface area contributed by atoms with Gasteiger partial charge in [-0.15, -0.1) is 0 Å². The number of nitrogens with zero attached hydrogens (tertiary/aromatic N) is 4. The number of carbonyl (C=O) groups is 3. The van der Waals surface area contributed by atoms with Crippen LogP contribution >= 0.6 is 0 Å². The Hall–Kier alpha value is -5.15. The summed E-state index contributed by atoms with van der Waals surface area (Å²) < 4.78 is 10.8. The zero-order valence-corrected chi connectivity index (χ0v) is 22.0. The average Bonchev–Trinajstić information content (AvgIpc) is 3.22. The molecule has 9 nitrogen and oxygen atoms in total. The molecule has 3 aliphatic rings. The van der Waals surface area contributed by atoms with Gasteiger partial charge in [0.15, 0.2) is 5.41 Å². The van der Waals surface area contributed by atoms with Crippen molar-refractivity contribution in [3.05, 3.63) is 101 Å². The lowest BCUT2D eigenvalue weighted by atomic mass is 9.52. The van der Waals surface area contributed by atoms with Gasteiger partial charge in [0.25, 0.3) is 0 Å². The maximum atomic E-state index is 15.0. The van der Waals surface area contributed by atoms with Crippen LogP contribution < -0.4 is 4.90 Å². The Labute approximate surface area is 231 Å². The molecule has 0 fully saturated rings. The Morgan fingerprint density at radius 1 is 0.925 bits per heavy atom. The van der Waals surface area contributed by atoms with Crippen LogP contribution in [0.15, 0.2) is 90.3 Å². The van der Waals surface area contributed by atoms with E-state index < -0.39 is 34.7 Å². The number of carbonyl (C=O) groups excluding carboxylic acids is 3. The first-order valence-corrected chi connectivity index (χ1v) is 12.9. The standard InChI is InChI=1S/C31H26N4O5/c1-3-39-27(36)25-26(28(37)40-4-2)34-17-11-10-16-24(34)30(19-32,20-33)31(25)22-14-8-9-15-23(22)35(29(31)38)18-21-12-6-5-7-13-21/h5-17,24H,3-4,18H2,1-2H3/t24-,31-/m1/s1. The molecular formula is C31H26N4O5. The van der Waals surface area contributed by atoms with Crippen molar-refractivity contribution < 1.29 is 23.9 Å². The minimum absolute atomic E-state index is 0.00416. The second-order valence-electron chi connectivity index (χ2n) is 9.42. The summed E-state index contributed by atoms with van der Waals surface area (Å²) in [7, 11) is 0. The van der Waals surface area contributed by atoms with E-state index in [2.05, 4.69) is 12.1 Å². The van der Waals surface area contributed by atoms with Crippen molar-refractivity contribution in [3.63, 3.8) is 0 Å². The summed E-state index contributed by atoms with van der Waals surface area (Å²) in [5, 5.41) is 21.7. The van der Waals surface area contributed by atoms with Gasteiger partial charge in [-0.2, -0.15) is 10.5 Å². The fraction of sp³-hybridized carbons (Fsp3) is 0.258. The number of hydrogen-bond donors (Lipinski definition) is 0. The van der Waals surface area contributed by atoms with E-state index in [1.54, 1.807) is 56.3 Å². The monoisotopic (exact) mass is 534 g/mol. The van der Waals surface area contributed by atoms with E-state index in [0.717, 1.165) is 5.56 Å². The van der Waals surface area contributed by atoms with Crippen molar-refractivity contribution in [1.29, 1.82) is 10.5 Å². The summed E-state index contributed by atoms with van der Waals surface area (Å²) in [4.78, 5) is 45.4. The molecule has 5 rings (SSSR count). The average molecular weight is 535 g/mol. The molecule has 0 bridgehead atoms. The van der Waals surface area contributed by atoms with Crippen LogP contribution in [0.4, 0.5) is 5.69 Å². The largest absolute Gasteiger partial charge is 0.463 e. The third-order valence-electron chi connectivity index (χ3n) is 7.51. The van der Waals surface area contributed by atoms with Crippen molar-refractivity contribution in [2.75, 3.05) is 18.1 Å². The molecule has 2 atom stereocenters. The summed E-state index contributed by atoms with van der Waals surface area (Å²) >= 11 is 0. The highest BCUT2D eigenvalue weighted by Gasteiger charge is 2.74. The summed E-state index contributed by atoms with van der Waals surface area (Å²) in [5.74, 6) is -2.52. The number of ether oxygens (including phenoxy) is 2. The molecule has 1 amide bonds. The van der Waals surface area contributed by atoms with Gasteiger partial charge in [-0.25, -0.2) is 9.59 Å². The fourth-order valence-corrected chi connectivity index (χ4v) is 5.97. The maximum absolute atomic E-state index is 15.0. The minimum Gasteiger partial charge on any atom is -0.463 e. The van der Waals surface area contributed by atoms with E-state index in [1.165, 1.54) is 16.0 Å². The Kier molecular flexibility index (Phi) is 6.74. The van der Waals surface area contributed by atoms with E-state index in [9.17, 15) is 24.9 Å². The van der Waals surface area contributed by atoms with Crippen LogP contribution in [0.3, 0.4) is 0 Å². The molecule has 2 aromatic rings. The number of rotatable bonds is 6. The molecule has 0 unspecified atom stereocenters. The Bertz CT molecular complexity index is 1550. The van der Waals surface area contributed by atoms with Crippen molar-refractivity contribution >= 4 is 23.5 Å². The summed E-state index contributed by atoms with van der Waals surface area (Å²) in [5.41, 5.74) is -3.51. The van der Waals surface area contributed by atoms with Gasteiger partial charge in [-0.05, 0) is 37.1 Å². The van der Waals surface area contributed by atoms with Gasteiger partial charge < -0.3 is 19.3 Å². The van der Waals surface area contributed by atoms with Crippen LogP contribution in [0, 0.1) is 28.1 Å². The molecule has 3 heterocycles. The van der Waals surface area contributed by atoms with Crippen LogP contribution in [-0.4, -0.2) is 42.0 Å².